The van der Waals surface area contributed by atoms with Crippen molar-refractivity contribution in [2.45, 2.75) is 246 Å². The van der Waals surface area contributed by atoms with E-state index in [-0.39, 0.29) is 41.3 Å². The molecule has 4 aliphatic carbocycles. The molecule has 4 saturated carbocycles. The van der Waals surface area contributed by atoms with Gasteiger partial charge in [0.1, 0.15) is 91.6 Å². The van der Waals surface area contributed by atoms with Gasteiger partial charge in [0.2, 0.25) is 0 Å². The second kappa shape index (κ2) is 22.0. The van der Waals surface area contributed by atoms with Crippen molar-refractivity contribution in [1.82, 2.24) is 0 Å². The molecule has 23 heteroatoms. The summed E-state index contributed by atoms with van der Waals surface area (Å²) in [6.07, 6.45) is -23.6. The summed E-state index contributed by atoms with van der Waals surface area (Å²) in [6.45, 7) is 8.10. The predicted octanol–water partition coefficient (Wildman–Crippen LogP) is -3.17. The number of aliphatic hydroxyl groups is 14. The van der Waals surface area contributed by atoms with Crippen LogP contribution >= 0.6 is 0 Å². The highest BCUT2D eigenvalue weighted by molar-refractivity contribution is 5.15. The van der Waals surface area contributed by atoms with Crippen molar-refractivity contribution in [3.63, 3.8) is 0 Å². The molecule has 0 bridgehead atoms. The minimum Gasteiger partial charge on any atom is -0.394 e. The molecule has 0 radical (unpaired) electrons. The molecule has 5 saturated heterocycles. The van der Waals surface area contributed by atoms with Crippen LogP contribution in [0.1, 0.15) is 98.8 Å². The highest BCUT2D eigenvalue weighted by atomic mass is 16.8. The zero-order valence-corrected chi connectivity index (χ0v) is 42.4. The van der Waals surface area contributed by atoms with E-state index >= 15 is 0 Å². The molecule has 23 nitrogen and oxygen atoms in total. The summed E-state index contributed by atoms with van der Waals surface area (Å²) >= 11 is 0. The van der Waals surface area contributed by atoms with Crippen LogP contribution in [-0.4, -0.2) is 238 Å². The Morgan fingerprint density at radius 2 is 1.11 bits per heavy atom. The molecule has 14 N–H and O–H groups in total. The molecule has 0 unspecified atom stereocenters. The zero-order chi connectivity index (χ0) is 52.8. The Hall–Kier alpha value is -0.920. The number of hydrogen-bond acceptors (Lipinski definition) is 23. The Balaban J connectivity index is 0.789. The zero-order valence-electron chi connectivity index (χ0n) is 42.4. The van der Waals surface area contributed by atoms with E-state index in [1.165, 1.54) is 6.92 Å². The van der Waals surface area contributed by atoms with Gasteiger partial charge in [-0.15, -0.1) is 0 Å². The Morgan fingerprint density at radius 1 is 0.548 bits per heavy atom. The van der Waals surface area contributed by atoms with Crippen LogP contribution in [0.3, 0.4) is 0 Å². The summed E-state index contributed by atoms with van der Waals surface area (Å²) in [5.74, 6) is 0.266. The second-order valence-electron chi connectivity index (χ2n) is 23.8. The van der Waals surface area contributed by atoms with Crippen LogP contribution in [0.15, 0.2) is 0 Å². The highest BCUT2D eigenvalue weighted by Crippen LogP contribution is 2.71. The first-order valence-corrected chi connectivity index (χ1v) is 26.8. The minimum absolute atomic E-state index is 0.0216. The molecule has 0 spiro atoms. The van der Waals surface area contributed by atoms with Gasteiger partial charge in [-0.05, 0) is 112 Å². The lowest BCUT2D eigenvalue weighted by molar-refractivity contribution is -0.388. The van der Waals surface area contributed by atoms with Gasteiger partial charge in [-0.3, -0.25) is 0 Å². The fourth-order valence-electron chi connectivity index (χ4n) is 15.5. The summed E-state index contributed by atoms with van der Waals surface area (Å²) in [6, 6.07) is 0. The van der Waals surface area contributed by atoms with E-state index in [2.05, 4.69) is 20.8 Å². The summed E-state index contributed by atoms with van der Waals surface area (Å²) in [5, 5.41) is 149. The van der Waals surface area contributed by atoms with Gasteiger partial charge in [-0.25, -0.2) is 0 Å². The average Bonchev–Trinajstić information content (AvgIpc) is 3.81. The van der Waals surface area contributed by atoms with E-state index in [1.807, 2.05) is 0 Å². The second-order valence-corrected chi connectivity index (χ2v) is 23.8. The van der Waals surface area contributed by atoms with Crippen LogP contribution in [0.5, 0.6) is 0 Å². The molecule has 32 atom stereocenters. The lowest BCUT2D eigenvalue weighted by Crippen LogP contribution is -2.66. The van der Waals surface area contributed by atoms with Crippen molar-refractivity contribution in [2.75, 3.05) is 19.8 Å². The third kappa shape index (κ3) is 10.1. The standard InChI is InChI=1S/C50H84O23/c1-19(65-44-39(61)35(57)33(55)28(16-51)68-44)8-13-50(64)20(2)31-27(73-50)15-26-24-7-6-22-14-23(9-11-48(22,4)25(24)10-12-49(26,31)5)67-45-41(63)38(60)42(30(18-53)70-45)71-47-43(37(59)32(54)21(3)66-47)72-46-40(62)36(58)34(56)29(17-52)69-46/h19-47,51-64H,6-18H2,1-5H3/t19-,20+,21+,22-,23+,24-,25+,26+,27+,28-,29-,30-,31+,32+,33-,34-,35+,36+,37-,38-,39-,40-,41-,42-,43-,44-,45-,46+,47+,48+,49+,50-/m1/s1. The van der Waals surface area contributed by atoms with Gasteiger partial charge >= 0.3 is 0 Å². The van der Waals surface area contributed by atoms with E-state index in [9.17, 15) is 71.5 Å². The first-order valence-electron chi connectivity index (χ1n) is 26.8. The first kappa shape index (κ1) is 56.8. The molecule has 9 aliphatic rings. The molecule has 422 valence electrons. The molecule has 0 aromatic rings. The van der Waals surface area contributed by atoms with Gasteiger partial charge in [0.05, 0.1) is 44.2 Å². The van der Waals surface area contributed by atoms with Crippen molar-refractivity contribution in [3.05, 3.63) is 0 Å². The summed E-state index contributed by atoms with van der Waals surface area (Å²) in [5.41, 5.74) is -0.0216. The van der Waals surface area contributed by atoms with E-state index < -0.39 is 155 Å². The van der Waals surface area contributed by atoms with Crippen LogP contribution in [0, 0.1) is 46.3 Å². The van der Waals surface area contributed by atoms with Crippen LogP contribution in [0.4, 0.5) is 0 Å². The molecule has 0 amide bonds. The quantitative estimate of drug-likeness (QED) is 0.0763. The predicted molar refractivity (Wildman–Crippen MR) is 246 cm³/mol. The monoisotopic (exact) mass is 1050 g/mol. The van der Waals surface area contributed by atoms with Crippen molar-refractivity contribution >= 4 is 0 Å². The maximum Gasteiger partial charge on any atom is 0.187 e. The molecule has 9 rings (SSSR count). The lowest BCUT2D eigenvalue weighted by atomic mass is 9.44. The molecule has 0 aromatic carbocycles. The Morgan fingerprint density at radius 3 is 1.77 bits per heavy atom. The third-order valence-electron chi connectivity index (χ3n) is 19.8. The maximum absolute atomic E-state index is 12.1. The van der Waals surface area contributed by atoms with Crippen LogP contribution in [0.25, 0.3) is 0 Å². The van der Waals surface area contributed by atoms with E-state index in [0.717, 1.165) is 38.5 Å². The van der Waals surface area contributed by atoms with Gasteiger partial charge in [0, 0.05) is 12.3 Å². The van der Waals surface area contributed by atoms with Crippen LogP contribution in [-0.2, 0) is 42.6 Å². The van der Waals surface area contributed by atoms with Crippen LogP contribution < -0.4 is 0 Å². The normalized spacial score (nSPS) is 56.6. The molecule has 5 heterocycles. The van der Waals surface area contributed by atoms with Crippen molar-refractivity contribution in [3.8, 4) is 0 Å². The van der Waals surface area contributed by atoms with Gasteiger partial charge in [-0.2, -0.15) is 0 Å². The summed E-state index contributed by atoms with van der Waals surface area (Å²) in [7, 11) is 0. The van der Waals surface area contributed by atoms with Gasteiger partial charge < -0.3 is 114 Å². The van der Waals surface area contributed by atoms with E-state index in [0.29, 0.717) is 42.9 Å². The molecular formula is C50H84O23. The third-order valence-corrected chi connectivity index (χ3v) is 19.8. The lowest BCUT2D eigenvalue weighted by Gasteiger charge is -2.61. The number of rotatable bonds is 14. The minimum atomic E-state index is -1.87. The maximum atomic E-state index is 12.1. The number of fused-ring (bicyclic) bond motifs is 7. The van der Waals surface area contributed by atoms with E-state index in [1.54, 1.807) is 6.92 Å². The average molecular weight is 1050 g/mol. The molecule has 5 aliphatic heterocycles. The fraction of sp³-hybridized carbons (Fsp3) is 1.00. The summed E-state index contributed by atoms with van der Waals surface area (Å²) < 4.78 is 53.9. The Kier molecular flexibility index (Phi) is 17.1. The molecule has 9 fully saturated rings. The highest BCUT2D eigenvalue weighted by Gasteiger charge is 2.68. The fourth-order valence-corrected chi connectivity index (χ4v) is 15.5. The number of ether oxygens (including phenoxy) is 9. The SMILES string of the molecule is C[C@H](CC[C@@]1(O)O[C@H]2C[C@H]3[C@@H]4CC[C@@H]5C[C@@H](O[C@@H]6O[C@H](CO)[C@@H](O[C@@H]7O[C@@H](C)[C@H](O)[C@@H](O)[C@H]7O[C@@H]7O[C@H](CO)[C@@H](O)[C@H](O)[C@H]7O)[C@H](O)[C@H]6O)CC[C@]5(C)[C@H]4CC[C@]3(C)[C@H]2[C@@H]1C)O[C@@H]1O[C@H](CO)[C@@H](O)[C@H](O)[C@H]1O. The number of aliphatic hydroxyl groups excluding tert-OH is 13. The smallest absolute Gasteiger partial charge is 0.187 e. The van der Waals surface area contributed by atoms with Crippen LogP contribution in [0.2, 0.25) is 0 Å². The summed E-state index contributed by atoms with van der Waals surface area (Å²) in [4.78, 5) is 0. The van der Waals surface area contributed by atoms with Gasteiger partial charge in [-0.1, -0.05) is 20.8 Å². The molecular weight excluding hydrogens is 969 g/mol. The Labute approximate surface area is 425 Å². The van der Waals surface area contributed by atoms with Crippen molar-refractivity contribution < 1.29 is 114 Å². The molecule has 73 heavy (non-hydrogen) atoms. The first-order chi connectivity index (χ1) is 34.5. The largest absolute Gasteiger partial charge is 0.394 e. The number of hydrogen-bond donors (Lipinski definition) is 14. The van der Waals surface area contributed by atoms with Gasteiger partial charge in [0.25, 0.3) is 0 Å². The Bertz CT molecular complexity index is 1830. The van der Waals surface area contributed by atoms with Gasteiger partial charge in [0.15, 0.2) is 30.9 Å². The van der Waals surface area contributed by atoms with Crippen molar-refractivity contribution in [2.24, 2.45) is 46.3 Å². The van der Waals surface area contributed by atoms with Crippen molar-refractivity contribution in [1.29, 1.82) is 0 Å². The topological polar surface area (TPSA) is 366 Å². The van der Waals surface area contributed by atoms with E-state index in [4.69, 9.17) is 42.6 Å². The molecule has 0 aromatic heterocycles.